The van der Waals surface area contributed by atoms with E-state index in [0.717, 1.165) is 6.26 Å². The Labute approximate surface area is 113 Å². The summed E-state index contributed by atoms with van der Waals surface area (Å²) in [6, 6.07) is -0.0262. The van der Waals surface area contributed by atoms with Crippen molar-refractivity contribution < 1.29 is 18.9 Å². The van der Waals surface area contributed by atoms with Crippen molar-refractivity contribution in [3.05, 3.63) is 33.5 Å². The third-order valence-electron chi connectivity index (χ3n) is 2.59. The molecule has 0 saturated carbocycles. The summed E-state index contributed by atoms with van der Waals surface area (Å²) in [5, 5.41) is 14.9. The van der Waals surface area contributed by atoms with E-state index in [2.05, 4.69) is 10.1 Å². The van der Waals surface area contributed by atoms with E-state index in [1.54, 1.807) is 6.92 Å². The van der Waals surface area contributed by atoms with Crippen LogP contribution < -0.4 is 0 Å². The van der Waals surface area contributed by atoms with Crippen LogP contribution in [0.3, 0.4) is 0 Å². The molecule has 106 valence electrons. The number of esters is 1. The number of carbonyl (C=O) groups excluding carboxylic acids is 1. The van der Waals surface area contributed by atoms with Gasteiger partial charge in [0.05, 0.1) is 11.5 Å². The maximum atomic E-state index is 11.5. The maximum absolute atomic E-state index is 11.5. The van der Waals surface area contributed by atoms with Gasteiger partial charge in [0.1, 0.15) is 17.7 Å². The van der Waals surface area contributed by atoms with E-state index in [-0.39, 0.29) is 35.4 Å². The highest BCUT2D eigenvalue weighted by molar-refractivity contribution is 5.86. The van der Waals surface area contributed by atoms with Crippen molar-refractivity contribution in [2.45, 2.75) is 20.8 Å². The molecule has 2 aromatic rings. The molecule has 2 aromatic heterocycles. The second-order valence-electron chi connectivity index (χ2n) is 3.92. The highest BCUT2D eigenvalue weighted by Crippen LogP contribution is 2.24. The lowest BCUT2D eigenvalue weighted by molar-refractivity contribution is -0.386. The lowest BCUT2D eigenvalue weighted by Crippen LogP contribution is -2.06. The second-order valence-corrected chi connectivity index (χ2v) is 3.92. The van der Waals surface area contributed by atoms with Gasteiger partial charge < -0.3 is 9.15 Å². The van der Waals surface area contributed by atoms with Gasteiger partial charge in [-0.25, -0.2) is 4.79 Å². The Bertz CT molecular complexity index is 672. The predicted octanol–water partition coefficient (Wildman–Crippen LogP) is 1.56. The van der Waals surface area contributed by atoms with Gasteiger partial charge in [-0.15, -0.1) is 0 Å². The van der Waals surface area contributed by atoms with Crippen LogP contribution in [-0.4, -0.2) is 32.3 Å². The number of carbonyl (C=O) groups is 1. The van der Waals surface area contributed by atoms with Gasteiger partial charge in [-0.1, -0.05) is 0 Å². The summed E-state index contributed by atoms with van der Waals surface area (Å²) in [5.41, 5.74) is 0.381. The van der Waals surface area contributed by atoms with E-state index in [0.29, 0.717) is 0 Å². The van der Waals surface area contributed by atoms with Gasteiger partial charge in [0.25, 0.3) is 0 Å². The van der Waals surface area contributed by atoms with E-state index < -0.39 is 10.9 Å². The van der Waals surface area contributed by atoms with Crippen molar-refractivity contribution in [3.63, 3.8) is 0 Å². The number of ether oxygens (including phenoxy) is 1. The molecular formula is C11H12N4O5. The summed E-state index contributed by atoms with van der Waals surface area (Å²) < 4.78 is 11.1. The standard InChI is InChI=1S/C11H12N4O5/c1-4-19-10(16)8-5-20-11(12-8)14-7(3)9(15(17)18)6(2)13-14/h5H,4H2,1-3H3. The molecule has 0 fully saturated rings. The van der Waals surface area contributed by atoms with Gasteiger partial charge in [0.2, 0.25) is 0 Å². The molecule has 9 heteroatoms. The minimum absolute atomic E-state index is 0.0166. The Kier molecular flexibility index (Phi) is 3.51. The molecule has 0 aliphatic rings. The number of rotatable bonds is 4. The molecule has 0 bridgehead atoms. The molecule has 0 aromatic carbocycles. The first-order valence-corrected chi connectivity index (χ1v) is 5.79. The Morgan fingerprint density at radius 1 is 1.55 bits per heavy atom. The zero-order valence-corrected chi connectivity index (χ0v) is 11.1. The number of hydrogen-bond donors (Lipinski definition) is 0. The van der Waals surface area contributed by atoms with Crippen molar-refractivity contribution in [3.8, 4) is 6.01 Å². The molecule has 0 spiro atoms. The molecule has 9 nitrogen and oxygen atoms in total. The van der Waals surface area contributed by atoms with Crippen LogP contribution in [0, 0.1) is 24.0 Å². The largest absolute Gasteiger partial charge is 0.461 e. The number of aryl methyl sites for hydroxylation is 1. The number of nitro groups is 1. The van der Waals surface area contributed by atoms with Crippen molar-refractivity contribution >= 4 is 11.7 Å². The SMILES string of the molecule is CCOC(=O)c1coc(-n2nc(C)c([N+](=O)[O-])c2C)n1. The fourth-order valence-corrected chi connectivity index (χ4v) is 1.75. The molecule has 0 N–H and O–H groups in total. The Morgan fingerprint density at radius 3 is 2.80 bits per heavy atom. The van der Waals surface area contributed by atoms with Crippen molar-refractivity contribution in [2.75, 3.05) is 6.61 Å². The Morgan fingerprint density at radius 2 is 2.25 bits per heavy atom. The number of aromatic nitrogens is 3. The molecule has 0 saturated heterocycles. The molecule has 0 amide bonds. The van der Waals surface area contributed by atoms with E-state index >= 15 is 0 Å². The van der Waals surface area contributed by atoms with E-state index in [1.165, 1.54) is 18.5 Å². The molecule has 0 unspecified atom stereocenters. The summed E-state index contributed by atoms with van der Waals surface area (Å²) in [6.07, 6.45) is 1.12. The highest BCUT2D eigenvalue weighted by Gasteiger charge is 2.25. The lowest BCUT2D eigenvalue weighted by Gasteiger charge is -1.96. The molecule has 20 heavy (non-hydrogen) atoms. The average Bonchev–Trinajstić information content (AvgIpc) is 2.94. The predicted molar refractivity (Wildman–Crippen MR) is 65.7 cm³/mol. The lowest BCUT2D eigenvalue weighted by atomic mass is 10.3. The first-order chi connectivity index (χ1) is 9.45. The van der Waals surface area contributed by atoms with Crippen LogP contribution in [0.2, 0.25) is 0 Å². The van der Waals surface area contributed by atoms with Crippen molar-refractivity contribution in [1.29, 1.82) is 0 Å². The normalized spacial score (nSPS) is 10.6. The van der Waals surface area contributed by atoms with Gasteiger partial charge in [0.15, 0.2) is 5.69 Å². The van der Waals surface area contributed by atoms with Gasteiger partial charge >= 0.3 is 17.7 Å². The quantitative estimate of drug-likeness (QED) is 0.474. The zero-order chi connectivity index (χ0) is 14.9. The third kappa shape index (κ3) is 2.25. The van der Waals surface area contributed by atoms with Crippen LogP contribution >= 0.6 is 0 Å². The molecule has 0 atom stereocenters. The van der Waals surface area contributed by atoms with Crippen molar-refractivity contribution in [2.24, 2.45) is 0 Å². The first kappa shape index (κ1) is 13.7. The second kappa shape index (κ2) is 5.11. The Hall–Kier alpha value is -2.71. The molecule has 0 aliphatic heterocycles. The van der Waals surface area contributed by atoms with Crippen LogP contribution in [0.25, 0.3) is 6.01 Å². The average molecular weight is 280 g/mol. The molecule has 2 heterocycles. The van der Waals surface area contributed by atoms with Crippen LogP contribution in [0.4, 0.5) is 5.69 Å². The topological polar surface area (TPSA) is 113 Å². The van der Waals surface area contributed by atoms with E-state index in [4.69, 9.17) is 9.15 Å². The summed E-state index contributed by atoms with van der Waals surface area (Å²) in [4.78, 5) is 25.8. The van der Waals surface area contributed by atoms with Crippen LogP contribution in [0.5, 0.6) is 0 Å². The van der Waals surface area contributed by atoms with Gasteiger partial charge in [-0.3, -0.25) is 10.1 Å². The maximum Gasteiger partial charge on any atom is 0.360 e. The minimum atomic E-state index is -0.626. The Balaban J connectivity index is 2.41. The molecule has 2 rings (SSSR count). The van der Waals surface area contributed by atoms with E-state index in [9.17, 15) is 14.9 Å². The molecule has 0 aliphatic carbocycles. The van der Waals surface area contributed by atoms with Gasteiger partial charge in [-0.2, -0.15) is 14.8 Å². The highest BCUT2D eigenvalue weighted by atomic mass is 16.6. The monoisotopic (exact) mass is 280 g/mol. The van der Waals surface area contributed by atoms with Crippen LogP contribution in [-0.2, 0) is 4.74 Å². The number of oxazole rings is 1. The third-order valence-corrected chi connectivity index (χ3v) is 2.59. The smallest absolute Gasteiger partial charge is 0.360 e. The van der Waals surface area contributed by atoms with Gasteiger partial charge in [0, 0.05) is 0 Å². The summed E-state index contributed by atoms with van der Waals surface area (Å²) in [6.45, 7) is 4.92. The zero-order valence-electron chi connectivity index (χ0n) is 11.1. The first-order valence-electron chi connectivity index (χ1n) is 5.79. The molecule has 0 radical (unpaired) electrons. The minimum Gasteiger partial charge on any atom is -0.461 e. The van der Waals surface area contributed by atoms with Crippen LogP contribution in [0.15, 0.2) is 10.7 Å². The van der Waals surface area contributed by atoms with Crippen molar-refractivity contribution in [1.82, 2.24) is 14.8 Å². The summed E-state index contributed by atoms with van der Waals surface area (Å²) in [5.74, 6) is -0.626. The fourth-order valence-electron chi connectivity index (χ4n) is 1.75. The number of hydrogen-bond acceptors (Lipinski definition) is 7. The van der Waals surface area contributed by atoms with Gasteiger partial charge in [-0.05, 0) is 20.8 Å². The summed E-state index contributed by atoms with van der Waals surface area (Å²) in [7, 11) is 0. The molecular weight excluding hydrogens is 268 g/mol. The summed E-state index contributed by atoms with van der Waals surface area (Å²) >= 11 is 0. The van der Waals surface area contributed by atoms with Crippen LogP contribution in [0.1, 0.15) is 28.8 Å². The fraction of sp³-hybridized carbons (Fsp3) is 0.364. The number of nitrogens with zero attached hydrogens (tertiary/aromatic N) is 4. The van der Waals surface area contributed by atoms with E-state index in [1.807, 2.05) is 0 Å².